The second kappa shape index (κ2) is 4.67. The van der Waals surface area contributed by atoms with Gasteiger partial charge in [-0.25, -0.2) is 4.79 Å². The Morgan fingerprint density at radius 3 is 2.86 bits per heavy atom. The monoisotopic (exact) mass is 211 g/mol. The number of halogens is 1. The van der Waals surface area contributed by atoms with Gasteiger partial charge in [0.2, 0.25) is 0 Å². The molecule has 0 aromatic heterocycles. The smallest absolute Gasteiger partial charge is 0.329 e. The van der Waals surface area contributed by atoms with Crippen molar-refractivity contribution in [2.24, 2.45) is 0 Å². The molecule has 0 aliphatic rings. The van der Waals surface area contributed by atoms with E-state index in [1.807, 2.05) is 13.0 Å². The summed E-state index contributed by atoms with van der Waals surface area (Å²) in [6, 6.07) is 5.49. The van der Waals surface area contributed by atoms with E-state index in [4.69, 9.17) is 16.7 Å². The molecule has 0 spiro atoms. The van der Waals surface area contributed by atoms with E-state index >= 15 is 0 Å². The van der Waals surface area contributed by atoms with Crippen molar-refractivity contribution in [2.75, 3.05) is 5.32 Å². The Labute approximate surface area is 87.0 Å². The molecular formula is C10H10ClNO2. The average molecular weight is 212 g/mol. The molecule has 74 valence electrons. The molecule has 0 aliphatic heterocycles. The Morgan fingerprint density at radius 1 is 1.57 bits per heavy atom. The van der Waals surface area contributed by atoms with Crippen LogP contribution in [-0.2, 0) is 4.79 Å². The van der Waals surface area contributed by atoms with Gasteiger partial charge in [-0.2, -0.15) is 0 Å². The van der Waals surface area contributed by atoms with Gasteiger partial charge in [0, 0.05) is 12.3 Å². The maximum absolute atomic E-state index is 10.2. The normalized spacial score (nSPS) is 10.4. The minimum atomic E-state index is -0.999. The third-order valence-corrected chi connectivity index (χ3v) is 1.90. The average Bonchev–Trinajstić information content (AvgIpc) is 2.08. The number of carbonyl (C=O) groups is 1. The van der Waals surface area contributed by atoms with Gasteiger partial charge in [0.05, 0.1) is 10.7 Å². The summed E-state index contributed by atoms with van der Waals surface area (Å²) in [5, 5.41) is 11.7. The zero-order chi connectivity index (χ0) is 10.6. The number of hydrogen-bond donors (Lipinski definition) is 2. The maximum atomic E-state index is 10.2. The molecule has 4 heteroatoms. The Hall–Kier alpha value is -1.48. The summed E-state index contributed by atoms with van der Waals surface area (Å²) in [6.45, 7) is 1.93. The maximum Gasteiger partial charge on any atom is 0.329 e. The van der Waals surface area contributed by atoms with E-state index in [9.17, 15) is 4.79 Å². The van der Waals surface area contributed by atoms with Crippen molar-refractivity contribution >= 4 is 23.3 Å². The number of rotatable bonds is 3. The van der Waals surface area contributed by atoms with Gasteiger partial charge in [-0.15, -0.1) is 0 Å². The first-order valence-corrected chi connectivity index (χ1v) is 4.39. The van der Waals surface area contributed by atoms with Gasteiger partial charge in [-0.05, 0) is 24.6 Å². The fourth-order valence-corrected chi connectivity index (χ4v) is 1.23. The highest BCUT2D eigenvalue weighted by molar-refractivity contribution is 6.33. The molecule has 0 saturated carbocycles. The summed E-state index contributed by atoms with van der Waals surface area (Å²) in [6.07, 6.45) is 2.34. The van der Waals surface area contributed by atoms with E-state index < -0.39 is 5.97 Å². The molecule has 3 nitrogen and oxygen atoms in total. The number of carboxylic acids is 1. The van der Waals surface area contributed by atoms with Crippen LogP contribution in [-0.4, -0.2) is 11.1 Å². The number of hydrogen-bond acceptors (Lipinski definition) is 2. The summed E-state index contributed by atoms with van der Waals surface area (Å²) in [5.74, 6) is -0.999. The molecule has 0 bridgehead atoms. The van der Waals surface area contributed by atoms with E-state index in [2.05, 4.69) is 5.32 Å². The Bertz CT molecular complexity index is 374. The molecule has 1 aromatic carbocycles. The first kappa shape index (κ1) is 10.6. The van der Waals surface area contributed by atoms with Gasteiger partial charge in [-0.3, -0.25) is 0 Å². The molecule has 0 atom stereocenters. The standard InChI is InChI=1S/C10H10ClNO2/c1-7-2-3-9(8(11)6-7)12-5-4-10(13)14/h2-6,12H,1H3,(H,13,14)/b5-4+. The topological polar surface area (TPSA) is 49.3 Å². The predicted molar refractivity (Wildman–Crippen MR) is 56.6 cm³/mol. The lowest BCUT2D eigenvalue weighted by Gasteiger charge is -2.03. The first-order valence-electron chi connectivity index (χ1n) is 4.02. The lowest BCUT2D eigenvalue weighted by molar-refractivity contribution is -0.131. The molecule has 0 unspecified atom stereocenters. The van der Waals surface area contributed by atoms with Crippen molar-refractivity contribution in [1.29, 1.82) is 0 Å². The lowest BCUT2D eigenvalue weighted by Crippen LogP contribution is -1.92. The highest BCUT2D eigenvalue weighted by Crippen LogP contribution is 2.22. The minimum absolute atomic E-state index is 0.569. The van der Waals surface area contributed by atoms with E-state index in [1.54, 1.807) is 12.1 Å². The third kappa shape index (κ3) is 3.11. The number of nitrogens with one attached hydrogen (secondary N) is 1. The zero-order valence-electron chi connectivity index (χ0n) is 7.62. The van der Waals surface area contributed by atoms with Crippen LogP contribution in [0.4, 0.5) is 5.69 Å². The fraction of sp³-hybridized carbons (Fsp3) is 0.100. The predicted octanol–water partition coefficient (Wildman–Crippen LogP) is 2.66. The van der Waals surface area contributed by atoms with Crippen LogP contribution in [0.5, 0.6) is 0 Å². The van der Waals surface area contributed by atoms with Crippen molar-refractivity contribution in [2.45, 2.75) is 6.92 Å². The van der Waals surface area contributed by atoms with Gasteiger partial charge in [0.15, 0.2) is 0 Å². The molecule has 0 amide bonds. The van der Waals surface area contributed by atoms with Crippen LogP contribution in [0.3, 0.4) is 0 Å². The largest absolute Gasteiger partial charge is 0.478 e. The van der Waals surface area contributed by atoms with E-state index in [0.29, 0.717) is 10.7 Å². The highest BCUT2D eigenvalue weighted by atomic mass is 35.5. The molecule has 0 saturated heterocycles. The summed E-state index contributed by atoms with van der Waals surface area (Å²) in [5.41, 5.74) is 1.75. The Morgan fingerprint density at radius 2 is 2.29 bits per heavy atom. The first-order chi connectivity index (χ1) is 6.59. The number of aliphatic carboxylic acids is 1. The van der Waals surface area contributed by atoms with Crippen molar-refractivity contribution < 1.29 is 9.90 Å². The Balaban J connectivity index is 2.73. The van der Waals surface area contributed by atoms with Gasteiger partial charge in [0.1, 0.15) is 0 Å². The summed E-state index contributed by atoms with van der Waals surface area (Å²) in [4.78, 5) is 10.2. The molecule has 1 rings (SSSR count). The lowest BCUT2D eigenvalue weighted by atomic mass is 10.2. The number of aryl methyl sites for hydroxylation is 1. The molecule has 0 aliphatic carbocycles. The minimum Gasteiger partial charge on any atom is -0.478 e. The number of benzene rings is 1. The number of carboxylic acid groups (broad SMARTS) is 1. The highest BCUT2D eigenvalue weighted by Gasteiger charge is 1.97. The van der Waals surface area contributed by atoms with Gasteiger partial charge >= 0.3 is 5.97 Å². The molecule has 14 heavy (non-hydrogen) atoms. The van der Waals surface area contributed by atoms with Crippen molar-refractivity contribution in [3.63, 3.8) is 0 Å². The van der Waals surface area contributed by atoms with Crippen molar-refractivity contribution in [3.05, 3.63) is 41.1 Å². The van der Waals surface area contributed by atoms with Crippen molar-refractivity contribution in [1.82, 2.24) is 0 Å². The molecule has 0 radical (unpaired) electrons. The molecule has 0 heterocycles. The Kier molecular flexibility index (Phi) is 3.54. The summed E-state index contributed by atoms with van der Waals surface area (Å²) >= 11 is 5.90. The molecule has 1 aromatic rings. The van der Waals surface area contributed by atoms with Gasteiger partial charge < -0.3 is 10.4 Å². The van der Waals surface area contributed by atoms with E-state index in [1.165, 1.54) is 6.20 Å². The van der Waals surface area contributed by atoms with Gasteiger partial charge in [0.25, 0.3) is 0 Å². The zero-order valence-corrected chi connectivity index (χ0v) is 8.38. The molecule has 0 fully saturated rings. The molecular weight excluding hydrogens is 202 g/mol. The quantitative estimate of drug-likeness (QED) is 0.756. The van der Waals surface area contributed by atoms with Crippen LogP contribution in [0.2, 0.25) is 5.02 Å². The summed E-state index contributed by atoms with van der Waals surface area (Å²) < 4.78 is 0. The third-order valence-electron chi connectivity index (χ3n) is 1.59. The second-order valence-corrected chi connectivity index (χ2v) is 3.21. The fourth-order valence-electron chi connectivity index (χ4n) is 0.940. The van der Waals surface area contributed by atoms with Crippen LogP contribution in [0.1, 0.15) is 5.56 Å². The van der Waals surface area contributed by atoms with Crippen LogP contribution in [0, 0.1) is 6.92 Å². The summed E-state index contributed by atoms with van der Waals surface area (Å²) in [7, 11) is 0. The van der Waals surface area contributed by atoms with E-state index in [-0.39, 0.29) is 0 Å². The van der Waals surface area contributed by atoms with Crippen molar-refractivity contribution in [3.8, 4) is 0 Å². The van der Waals surface area contributed by atoms with Crippen LogP contribution < -0.4 is 5.32 Å². The van der Waals surface area contributed by atoms with Crippen LogP contribution in [0.15, 0.2) is 30.5 Å². The van der Waals surface area contributed by atoms with E-state index in [0.717, 1.165) is 11.6 Å². The molecule has 2 N–H and O–H groups in total. The SMILES string of the molecule is Cc1ccc(N/C=C/C(=O)O)c(Cl)c1. The second-order valence-electron chi connectivity index (χ2n) is 2.80. The van der Waals surface area contributed by atoms with Gasteiger partial charge in [-0.1, -0.05) is 17.7 Å². The van der Waals surface area contributed by atoms with Crippen LogP contribution in [0.25, 0.3) is 0 Å². The number of anilines is 1. The van der Waals surface area contributed by atoms with Crippen LogP contribution >= 0.6 is 11.6 Å².